The number of carbonyl (C=O) groups excluding carboxylic acids is 1. The van der Waals surface area contributed by atoms with Gasteiger partial charge in [-0.05, 0) is 35.9 Å². The van der Waals surface area contributed by atoms with Crippen LogP contribution in [0.25, 0.3) is 11.8 Å². The summed E-state index contributed by atoms with van der Waals surface area (Å²) in [5, 5.41) is 10.5. The van der Waals surface area contributed by atoms with Crippen molar-refractivity contribution in [1.29, 1.82) is 0 Å². The number of ether oxygens (including phenoxy) is 1. The highest BCUT2D eigenvalue weighted by Gasteiger charge is 2.21. The summed E-state index contributed by atoms with van der Waals surface area (Å²) in [6, 6.07) is 9.74. The molecule has 8 nitrogen and oxygen atoms in total. The maximum atomic E-state index is 12.5. The molecular weight excluding hydrogens is 350 g/mol. The topological polar surface area (TPSA) is 114 Å². The van der Waals surface area contributed by atoms with Crippen LogP contribution in [-0.4, -0.2) is 32.5 Å². The van der Waals surface area contributed by atoms with Crippen molar-refractivity contribution in [2.24, 2.45) is 0 Å². The Labute approximate surface area is 153 Å². The van der Waals surface area contributed by atoms with Gasteiger partial charge in [-0.1, -0.05) is 18.2 Å². The summed E-state index contributed by atoms with van der Waals surface area (Å²) in [7, 11) is 1.40. The van der Waals surface area contributed by atoms with Gasteiger partial charge in [-0.3, -0.25) is 19.6 Å². The fourth-order valence-corrected chi connectivity index (χ4v) is 2.51. The summed E-state index contributed by atoms with van der Waals surface area (Å²) in [4.78, 5) is 42.8. The molecule has 0 aliphatic carbocycles. The first kappa shape index (κ1) is 17.9. The number of nitrogens with one attached hydrogen (secondary N) is 1. The average Bonchev–Trinajstić information content (AvgIpc) is 2.67. The lowest BCUT2D eigenvalue weighted by Gasteiger charge is -2.13. The number of aromatic amines is 1. The van der Waals surface area contributed by atoms with Gasteiger partial charge in [0.15, 0.2) is 5.78 Å². The zero-order chi connectivity index (χ0) is 19.4. The zero-order valence-electron chi connectivity index (χ0n) is 14.2. The number of H-pyrrole nitrogens is 1. The van der Waals surface area contributed by atoms with Crippen molar-refractivity contribution in [2.45, 2.75) is 0 Å². The van der Waals surface area contributed by atoms with Crippen LogP contribution in [0, 0.1) is 0 Å². The van der Waals surface area contributed by atoms with Crippen molar-refractivity contribution >= 4 is 11.9 Å². The summed E-state index contributed by atoms with van der Waals surface area (Å²) in [6.07, 6.45) is 5.71. The summed E-state index contributed by atoms with van der Waals surface area (Å²) in [5.41, 5.74) is -1.55. The van der Waals surface area contributed by atoms with E-state index in [2.05, 4.69) is 4.98 Å². The van der Waals surface area contributed by atoms with Gasteiger partial charge in [0, 0.05) is 12.4 Å². The first-order chi connectivity index (χ1) is 13.0. The minimum absolute atomic E-state index is 0.186. The first-order valence-corrected chi connectivity index (χ1v) is 7.87. The Bertz CT molecular complexity index is 1130. The van der Waals surface area contributed by atoms with E-state index in [0.29, 0.717) is 5.56 Å². The third-order valence-corrected chi connectivity index (χ3v) is 3.79. The summed E-state index contributed by atoms with van der Waals surface area (Å²) in [6.45, 7) is 0. The molecule has 3 aromatic rings. The highest BCUT2D eigenvalue weighted by Crippen LogP contribution is 2.25. The SMILES string of the molecule is COc1ccccc1-n1c(O)c(C(=O)C=Cc2ccncc2)c(=O)[nH]c1=O. The number of hydrogen-bond donors (Lipinski definition) is 2. The first-order valence-electron chi connectivity index (χ1n) is 7.87. The number of nitrogens with zero attached hydrogens (tertiary/aromatic N) is 2. The molecule has 2 heterocycles. The molecule has 0 aliphatic heterocycles. The molecule has 8 heteroatoms. The molecule has 0 atom stereocenters. The molecule has 136 valence electrons. The number of allylic oxidation sites excluding steroid dienone is 1. The molecule has 0 bridgehead atoms. The van der Waals surface area contributed by atoms with Gasteiger partial charge >= 0.3 is 5.69 Å². The van der Waals surface area contributed by atoms with E-state index in [9.17, 15) is 19.5 Å². The molecular formula is C19H15N3O5. The number of aromatic hydroxyl groups is 1. The van der Waals surface area contributed by atoms with Crippen LogP contribution in [0.3, 0.4) is 0 Å². The quantitative estimate of drug-likeness (QED) is 0.523. The lowest BCUT2D eigenvalue weighted by Crippen LogP contribution is -2.32. The monoisotopic (exact) mass is 365 g/mol. The van der Waals surface area contributed by atoms with Gasteiger partial charge in [-0.15, -0.1) is 0 Å². The Hall–Kier alpha value is -3.94. The maximum Gasteiger partial charge on any atom is 0.335 e. The van der Waals surface area contributed by atoms with Crippen LogP contribution in [0.2, 0.25) is 0 Å². The van der Waals surface area contributed by atoms with Crippen LogP contribution in [-0.2, 0) is 0 Å². The molecule has 27 heavy (non-hydrogen) atoms. The van der Waals surface area contributed by atoms with Crippen molar-refractivity contribution < 1.29 is 14.6 Å². The van der Waals surface area contributed by atoms with Gasteiger partial charge < -0.3 is 9.84 Å². The van der Waals surface area contributed by atoms with Crippen LogP contribution in [0.1, 0.15) is 15.9 Å². The molecule has 0 saturated carbocycles. The van der Waals surface area contributed by atoms with Crippen LogP contribution in [0.15, 0.2) is 64.5 Å². The highest BCUT2D eigenvalue weighted by molar-refractivity contribution is 6.08. The Morgan fingerprint density at radius 1 is 1.19 bits per heavy atom. The molecule has 0 unspecified atom stereocenters. The van der Waals surface area contributed by atoms with Crippen LogP contribution in [0.5, 0.6) is 11.6 Å². The van der Waals surface area contributed by atoms with Gasteiger partial charge in [0.1, 0.15) is 11.3 Å². The second-order valence-corrected chi connectivity index (χ2v) is 5.44. The van der Waals surface area contributed by atoms with E-state index in [1.54, 1.807) is 42.7 Å². The standard InChI is InChI=1S/C19H15N3O5/c1-27-15-5-3-2-4-13(15)22-18(25)16(17(24)21-19(22)26)14(23)7-6-12-8-10-20-11-9-12/h2-11,25H,1H3,(H,21,24,26). The number of ketones is 1. The van der Waals surface area contributed by atoms with E-state index >= 15 is 0 Å². The third-order valence-electron chi connectivity index (χ3n) is 3.79. The number of pyridine rings is 1. The van der Waals surface area contributed by atoms with E-state index in [1.165, 1.54) is 19.3 Å². The lowest BCUT2D eigenvalue weighted by molar-refractivity contribution is 0.104. The summed E-state index contributed by atoms with van der Waals surface area (Å²) in [5.74, 6) is -1.24. The fraction of sp³-hybridized carbons (Fsp3) is 0.0526. The Balaban J connectivity index is 2.12. The van der Waals surface area contributed by atoms with E-state index in [1.807, 2.05) is 4.98 Å². The van der Waals surface area contributed by atoms with E-state index in [-0.39, 0.29) is 11.4 Å². The molecule has 0 aliphatic rings. The number of carbonyl (C=O) groups is 1. The Morgan fingerprint density at radius 3 is 2.59 bits per heavy atom. The summed E-state index contributed by atoms with van der Waals surface area (Å²) < 4.78 is 5.99. The fourth-order valence-electron chi connectivity index (χ4n) is 2.51. The van der Waals surface area contributed by atoms with Crippen LogP contribution in [0.4, 0.5) is 0 Å². The molecule has 3 rings (SSSR count). The predicted molar refractivity (Wildman–Crippen MR) is 98.5 cm³/mol. The van der Waals surface area contributed by atoms with Gasteiger partial charge in [0.25, 0.3) is 5.56 Å². The van der Waals surface area contributed by atoms with E-state index in [4.69, 9.17) is 4.74 Å². The molecule has 0 fully saturated rings. The zero-order valence-corrected chi connectivity index (χ0v) is 14.2. The molecule has 0 amide bonds. The minimum Gasteiger partial charge on any atom is -0.495 e. The second-order valence-electron chi connectivity index (χ2n) is 5.44. The van der Waals surface area contributed by atoms with Gasteiger partial charge in [-0.25, -0.2) is 9.36 Å². The molecule has 2 aromatic heterocycles. The number of benzene rings is 1. The Morgan fingerprint density at radius 2 is 1.89 bits per heavy atom. The van der Waals surface area contributed by atoms with E-state index < -0.39 is 28.5 Å². The van der Waals surface area contributed by atoms with Crippen LogP contribution < -0.4 is 16.0 Å². The van der Waals surface area contributed by atoms with Crippen molar-refractivity contribution in [2.75, 3.05) is 7.11 Å². The van der Waals surface area contributed by atoms with Gasteiger partial charge in [-0.2, -0.15) is 0 Å². The Kier molecular flexibility index (Phi) is 4.98. The number of methoxy groups -OCH3 is 1. The smallest absolute Gasteiger partial charge is 0.335 e. The number of para-hydroxylation sites is 2. The molecule has 2 N–H and O–H groups in total. The molecule has 0 radical (unpaired) electrons. The minimum atomic E-state index is -0.979. The molecule has 0 spiro atoms. The third kappa shape index (κ3) is 3.54. The molecule has 1 aromatic carbocycles. The largest absolute Gasteiger partial charge is 0.495 e. The normalized spacial score (nSPS) is 10.9. The number of hydrogen-bond acceptors (Lipinski definition) is 6. The predicted octanol–water partition coefficient (Wildman–Crippen LogP) is 1.53. The number of rotatable bonds is 5. The summed E-state index contributed by atoms with van der Waals surface area (Å²) >= 11 is 0. The average molecular weight is 365 g/mol. The maximum absolute atomic E-state index is 12.5. The lowest BCUT2D eigenvalue weighted by atomic mass is 10.1. The number of aromatic nitrogens is 3. The molecule has 0 saturated heterocycles. The second kappa shape index (κ2) is 7.52. The van der Waals surface area contributed by atoms with Crippen molar-refractivity contribution in [3.8, 4) is 17.3 Å². The van der Waals surface area contributed by atoms with Gasteiger partial charge in [0.05, 0.1) is 12.8 Å². The highest BCUT2D eigenvalue weighted by atomic mass is 16.5. The van der Waals surface area contributed by atoms with Gasteiger partial charge in [0.2, 0.25) is 5.88 Å². The van der Waals surface area contributed by atoms with Crippen LogP contribution >= 0.6 is 0 Å². The van der Waals surface area contributed by atoms with Crippen molar-refractivity contribution in [3.05, 3.63) is 86.8 Å². The van der Waals surface area contributed by atoms with Crippen molar-refractivity contribution in [1.82, 2.24) is 14.5 Å². The van der Waals surface area contributed by atoms with E-state index in [0.717, 1.165) is 10.6 Å². The van der Waals surface area contributed by atoms with Crippen molar-refractivity contribution in [3.63, 3.8) is 0 Å².